The molecule has 66 valence electrons. The van der Waals surface area contributed by atoms with Gasteiger partial charge in [0.15, 0.2) is 0 Å². The molecule has 3 heteroatoms. The summed E-state index contributed by atoms with van der Waals surface area (Å²) in [6.45, 7) is 6.59. The first-order valence-corrected chi connectivity index (χ1v) is 4.16. The Balaban J connectivity index is 3.30. The van der Waals surface area contributed by atoms with Crippen molar-refractivity contribution in [2.45, 2.75) is 20.3 Å². The first-order valence-electron chi connectivity index (χ1n) is 4.16. The average Bonchev–Trinajstić information content (AvgIpc) is 2.01. The SMILES string of the molecule is CCNC(=O)CCN(C)CC. The third-order valence-electron chi connectivity index (χ3n) is 1.63. The third-order valence-corrected chi connectivity index (χ3v) is 1.63. The van der Waals surface area contributed by atoms with Crippen LogP contribution in [0.4, 0.5) is 0 Å². The van der Waals surface area contributed by atoms with Crippen molar-refractivity contribution < 1.29 is 4.79 Å². The summed E-state index contributed by atoms with van der Waals surface area (Å²) in [5.74, 6) is 0.146. The molecule has 0 bridgehead atoms. The molecule has 11 heavy (non-hydrogen) atoms. The molecule has 3 nitrogen and oxygen atoms in total. The minimum Gasteiger partial charge on any atom is -0.356 e. The van der Waals surface area contributed by atoms with Crippen molar-refractivity contribution in [3.8, 4) is 0 Å². The Morgan fingerprint density at radius 1 is 1.45 bits per heavy atom. The summed E-state index contributed by atoms with van der Waals surface area (Å²) in [4.78, 5) is 13.0. The van der Waals surface area contributed by atoms with Crippen molar-refractivity contribution in [2.24, 2.45) is 0 Å². The van der Waals surface area contributed by atoms with Gasteiger partial charge in [0, 0.05) is 19.5 Å². The number of nitrogens with zero attached hydrogens (tertiary/aromatic N) is 1. The van der Waals surface area contributed by atoms with E-state index in [1.54, 1.807) is 0 Å². The molecule has 0 spiro atoms. The molecule has 0 aliphatic heterocycles. The van der Waals surface area contributed by atoms with Gasteiger partial charge in [0.1, 0.15) is 0 Å². The van der Waals surface area contributed by atoms with Gasteiger partial charge < -0.3 is 10.2 Å². The van der Waals surface area contributed by atoms with Crippen LogP contribution < -0.4 is 5.32 Å². The van der Waals surface area contributed by atoms with E-state index in [9.17, 15) is 4.79 Å². The van der Waals surface area contributed by atoms with Gasteiger partial charge in [-0.3, -0.25) is 4.79 Å². The first-order chi connectivity index (χ1) is 5.20. The van der Waals surface area contributed by atoms with Crippen molar-refractivity contribution in [3.05, 3.63) is 0 Å². The molecule has 0 unspecified atom stereocenters. The normalized spacial score (nSPS) is 10.2. The van der Waals surface area contributed by atoms with Crippen molar-refractivity contribution >= 4 is 5.91 Å². The predicted octanol–water partition coefficient (Wildman–Crippen LogP) is 0.464. The second-order valence-electron chi connectivity index (χ2n) is 2.60. The lowest BCUT2D eigenvalue weighted by Gasteiger charge is -2.12. The monoisotopic (exact) mass is 158 g/mol. The van der Waals surface area contributed by atoms with Gasteiger partial charge in [0.25, 0.3) is 0 Å². The lowest BCUT2D eigenvalue weighted by Crippen LogP contribution is -2.28. The lowest BCUT2D eigenvalue weighted by molar-refractivity contribution is -0.121. The van der Waals surface area contributed by atoms with Crippen molar-refractivity contribution in [1.29, 1.82) is 0 Å². The van der Waals surface area contributed by atoms with Gasteiger partial charge in [-0.05, 0) is 20.5 Å². The van der Waals surface area contributed by atoms with Gasteiger partial charge in [0.2, 0.25) is 5.91 Å². The smallest absolute Gasteiger partial charge is 0.221 e. The Bertz CT molecular complexity index is 115. The largest absolute Gasteiger partial charge is 0.356 e. The van der Waals surface area contributed by atoms with E-state index in [1.807, 2.05) is 14.0 Å². The zero-order chi connectivity index (χ0) is 8.69. The molecule has 0 aliphatic rings. The van der Waals surface area contributed by atoms with E-state index in [2.05, 4.69) is 17.1 Å². The molecular weight excluding hydrogens is 140 g/mol. The molecule has 0 saturated heterocycles. The van der Waals surface area contributed by atoms with Crippen LogP contribution in [0.2, 0.25) is 0 Å². The maximum absolute atomic E-state index is 10.9. The highest BCUT2D eigenvalue weighted by molar-refractivity contribution is 5.75. The highest BCUT2D eigenvalue weighted by atomic mass is 16.1. The fraction of sp³-hybridized carbons (Fsp3) is 0.875. The second kappa shape index (κ2) is 6.16. The molecule has 0 aliphatic carbocycles. The summed E-state index contributed by atoms with van der Waals surface area (Å²) in [5, 5.41) is 2.76. The summed E-state index contributed by atoms with van der Waals surface area (Å²) < 4.78 is 0. The van der Waals surface area contributed by atoms with Gasteiger partial charge in [-0.25, -0.2) is 0 Å². The molecule has 0 heterocycles. The minimum absolute atomic E-state index is 0.146. The molecule has 0 aromatic rings. The van der Waals surface area contributed by atoms with E-state index in [1.165, 1.54) is 0 Å². The van der Waals surface area contributed by atoms with Gasteiger partial charge in [-0.1, -0.05) is 6.92 Å². The summed E-state index contributed by atoms with van der Waals surface area (Å²) >= 11 is 0. The van der Waals surface area contributed by atoms with Crippen LogP contribution in [-0.2, 0) is 4.79 Å². The third kappa shape index (κ3) is 5.85. The number of carbonyl (C=O) groups excluding carboxylic acids is 1. The van der Waals surface area contributed by atoms with E-state index in [0.29, 0.717) is 6.42 Å². The highest BCUT2D eigenvalue weighted by Gasteiger charge is 2.00. The summed E-state index contributed by atoms with van der Waals surface area (Å²) in [7, 11) is 2.01. The van der Waals surface area contributed by atoms with Gasteiger partial charge >= 0.3 is 0 Å². The van der Waals surface area contributed by atoms with Crippen LogP contribution in [0.1, 0.15) is 20.3 Å². The molecule has 0 saturated carbocycles. The average molecular weight is 158 g/mol. The van der Waals surface area contributed by atoms with Crippen LogP contribution in [0.3, 0.4) is 0 Å². The molecule has 0 radical (unpaired) electrons. The summed E-state index contributed by atoms with van der Waals surface area (Å²) in [6.07, 6.45) is 0.609. The fourth-order valence-corrected chi connectivity index (χ4v) is 0.736. The minimum atomic E-state index is 0.146. The number of nitrogens with one attached hydrogen (secondary N) is 1. The molecule has 0 fully saturated rings. The van der Waals surface area contributed by atoms with Gasteiger partial charge in [-0.2, -0.15) is 0 Å². The Morgan fingerprint density at radius 3 is 2.55 bits per heavy atom. The van der Waals surface area contributed by atoms with Gasteiger partial charge in [0.05, 0.1) is 0 Å². The second-order valence-corrected chi connectivity index (χ2v) is 2.60. The standard InChI is InChI=1S/C8H18N2O/c1-4-9-8(11)6-7-10(3)5-2/h4-7H2,1-3H3,(H,9,11). The number of carbonyl (C=O) groups is 1. The highest BCUT2D eigenvalue weighted by Crippen LogP contribution is 1.85. The quantitative estimate of drug-likeness (QED) is 0.630. The molecule has 0 aromatic heterocycles. The molecular formula is C8H18N2O. The lowest BCUT2D eigenvalue weighted by atomic mass is 10.3. The summed E-state index contributed by atoms with van der Waals surface area (Å²) in [6, 6.07) is 0. The van der Waals surface area contributed by atoms with Crippen LogP contribution in [0.25, 0.3) is 0 Å². The van der Waals surface area contributed by atoms with Crippen LogP contribution in [0.5, 0.6) is 0 Å². The zero-order valence-corrected chi connectivity index (χ0v) is 7.68. The summed E-state index contributed by atoms with van der Waals surface area (Å²) in [5.41, 5.74) is 0. The maximum Gasteiger partial charge on any atom is 0.221 e. The van der Waals surface area contributed by atoms with Gasteiger partial charge in [-0.15, -0.1) is 0 Å². The molecule has 1 amide bonds. The van der Waals surface area contributed by atoms with Crippen LogP contribution in [0.15, 0.2) is 0 Å². The number of hydrogen-bond acceptors (Lipinski definition) is 2. The van der Waals surface area contributed by atoms with Crippen LogP contribution >= 0.6 is 0 Å². The molecule has 1 N–H and O–H groups in total. The van der Waals surface area contributed by atoms with Crippen LogP contribution in [-0.4, -0.2) is 37.5 Å². The molecule has 0 aromatic carbocycles. The Kier molecular flexibility index (Phi) is 5.84. The van der Waals surface area contributed by atoms with E-state index >= 15 is 0 Å². The molecule has 0 rings (SSSR count). The number of hydrogen-bond donors (Lipinski definition) is 1. The topological polar surface area (TPSA) is 32.3 Å². The zero-order valence-electron chi connectivity index (χ0n) is 7.68. The van der Waals surface area contributed by atoms with E-state index < -0.39 is 0 Å². The number of rotatable bonds is 5. The Hall–Kier alpha value is -0.570. The van der Waals surface area contributed by atoms with Crippen molar-refractivity contribution in [2.75, 3.05) is 26.7 Å². The van der Waals surface area contributed by atoms with Crippen molar-refractivity contribution in [1.82, 2.24) is 10.2 Å². The Morgan fingerprint density at radius 2 is 2.09 bits per heavy atom. The Labute approximate surface area is 68.8 Å². The number of amides is 1. The molecule has 0 atom stereocenters. The van der Waals surface area contributed by atoms with E-state index in [4.69, 9.17) is 0 Å². The van der Waals surface area contributed by atoms with Crippen molar-refractivity contribution in [3.63, 3.8) is 0 Å². The fourth-order valence-electron chi connectivity index (χ4n) is 0.736. The van der Waals surface area contributed by atoms with E-state index in [-0.39, 0.29) is 5.91 Å². The van der Waals surface area contributed by atoms with E-state index in [0.717, 1.165) is 19.6 Å². The van der Waals surface area contributed by atoms with Crippen LogP contribution in [0, 0.1) is 0 Å². The first kappa shape index (κ1) is 10.4. The maximum atomic E-state index is 10.9. The predicted molar refractivity (Wildman–Crippen MR) is 46.5 cm³/mol.